The zero-order chi connectivity index (χ0) is 17.1. The molecule has 1 fully saturated rings. The number of benzene rings is 1. The number of carbonyl (C=O) groups excluding carboxylic acids is 1. The highest BCUT2D eigenvalue weighted by atomic mass is 16.3. The molecule has 2 aromatic rings. The fourth-order valence-electron chi connectivity index (χ4n) is 3.65. The molecule has 0 aliphatic carbocycles. The molecule has 1 amide bonds. The van der Waals surface area contributed by atoms with E-state index in [-0.39, 0.29) is 18.6 Å². The fraction of sp³-hybridized carbons (Fsp3) is 0.526. The van der Waals surface area contributed by atoms with E-state index in [1.54, 1.807) is 0 Å². The largest absolute Gasteiger partial charge is 0.395 e. The molecule has 1 aromatic heterocycles. The quantitative estimate of drug-likeness (QED) is 0.911. The fourth-order valence-corrected chi connectivity index (χ4v) is 3.65. The lowest BCUT2D eigenvalue weighted by Crippen LogP contribution is -2.53. The lowest BCUT2D eigenvalue weighted by molar-refractivity contribution is -0.134. The minimum Gasteiger partial charge on any atom is -0.395 e. The molecule has 130 valence electrons. The van der Waals surface area contributed by atoms with Crippen molar-refractivity contribution in [1.82, 2.24) is 14.4 Å². The molecule has 1 aromatic carbocycles. The van der Waals surface area contributed by atoms with E-state index >= 15 is 0 Å². The van der Waals surface area contributed by atoms with Gasteiger partial charge in [-0.15, -0.1) is 0 Å². The van der Waals surface area contributed by atoms with Gasteiger partial charge in [0.15, 0.2) is 0 Å². The van der Waals surface area contributed by atoms with E-state index in [9.17, 15) is 9.90 Å². The van der Waals surface area contributed by atoms with Gasteiger partial charge in [-0.1, -0.05) is 25.1 Å². The highest BCUT2D eigenvalue weighted by Gasteiger charge is 2.25. The second-order valence-corrected chi connectivity index (χ2v) is 6.62. The number of rotatable bonds is 5. The first kappa shape index (κ1) is 17.0. The lowest BCUT2D eigenvalue weighted by Gasteiger charge is -2.38. The summed E-state index contributed by atoms with van der Waals surface area (Å²) in [4.78, 5) is 16.9. The van der Waals surface area contributed by atoms with E-state index in [4.69, 9.17) is 0 Å². The molecular formula is C19H27N3O2. The Bertz CT molecular complexity index is 698. The number of fused-ring (bicyclic) bond motifs is 1. The van der Waals surface area contributed by atoms with Crippen LogP contribution in [0.2, 0.25) is 0 Å². The van der Waals surface area contributed by atoms with Crippen LogP contribution in [-0.2, 0) is 11.3 Å². The highest BCUT2D eigenvalue weighted by Crippen LogP contribution is 2.20. The molecule has 0 radical (unpaired) electrons. The standard InChI is InChI=1S/C19H27N3O2/c1-3-16(14-23)20-8-10-21(11-9-20)19(24)13-22-12-15(2)17-6-4-5-7-18(17)22/h4-7,12,16,23H,3,8-11,13-14H2,1-2H3. The van der Waals surface area contributed by atoms with Crippen molar-refractivity contribution < 1.29 is 9.90 Å². The highest BCUT2D eigenvalue weighted by molar-refractivity contribution is 5.86. The number of amides is 1. The molecular weight excluding hydrogens is 302 g/mol. The van der Waals surface area contributed by atoms with Crippen LogP contribution in [0.25, 0.3) is 10.9 Å². The summed E-state index contributed by atoms with van der Waals surface area (Å²) >= 11 is 0. The van der Waals surface area contributed by atoms with Crippen molar-refractivity contribution in [3.8, 4) is 0 Å². The summed E-state index contributed by atoms with van der Waals surface area (Å²) in [6.07, 6.45) is 3.01. The van der Waals surface area contributed by atoms with Gasteiger partial charge in [0.05, 0.1) is 6.61 Å². The third-order valence-electron chi connectivity index (χ3n) is 5.16. The summed E-state index contributed by atoms with van der Waals surface area (Å²) in [6.45, 7) is 7.94. The summed E-state index contributed by atoms with van der Waals surface area (Å²) in [6, 6.07) is 8.44. The molecule has 1 atom stereocenters. The molecule has 1 unspecified atom stereocenters. The number of aliphatic hydroxyl groups excluding tert-OH is 1. The molecule has 1 saturated heterocycles. The first-order chi connectivity index (χ1) is 11.6. The topological polar surface area (TPSA) is 48.7 Å². The Morgan fingerprint density at radius 1 is 1.21 bits per heavy atom. The van der Waals surface area contributed by atoms with Gasteiger partial charge in [-0.2, -0.15) is 0 Å². The zero-order valence-electron chi connectivity index (χ0n) is 14.6. The smallest absolute Gasteiger partial charge is 0.242 e. The monoisotopic (exact) mass is 329 g/mol. The van der Waals surface area contributed by atoms with Crippen molar-refractivity contribution in [2.75, 3.05) is 32.8 Å². The van der Waals surface area contributed by atoms with E-state index in [0.29, 0.717) is 6.54 Å². The third-order valence-corrected chi connectivity index (χ3v) is 5.16. The van der Waals surface area contributed by atoms with Crippen LogP contribution in [-0.4, -0.2) is 64.2 Å². The average molecular weight is 329 g/mol. The molecule has 1 aliphatic rings. The van der Waals surface area contributed by atoms with Crippen LogP contribution in [0, 0.1) is 6.92 Å². The van der Waals surface area contributed by atoms with Gasteiger partial charge in [0, 0.05) is 49.3 Å². The first-order valence-electron chi connectivity index (χ1n) is 8.81. The van der Waals surface area contributed by atoms with Crippen LogP contribution in [0.5, 0.6) is 0 Å². The van der Waals surface area contributed by atoms with Crippen molar-refractivity contribution in [2.24, 2.45) is 0 Å². The molecule has 5 heteroatoms. The first-order valence-corrected chi connectivity index (χ1v) is 8.81. The molecule has 0 saturated carbocycles. The Kier molecular flexibility index (Phi) is 5.21. The van der Waals surface area contributed by atoms with Crippen LogP contribution in [0.3, 0.4) is 0 Å². The molecule has 1 aliphatic heterocycles. The van der Waals surface area contributed by atoms with Crippen molar-refractivity contribution >= 4 is 16.8 Å². The van der Waals surface area contributed by atoms with Gasteiger partial charge in [-0.25, -0.2) is 0 Å². The number of carbonyl (C=O) groups is 1. The number of piperazine rings is 1. The van der Waals surface area contributed by atoms with Crippen molar-refractivity contribution in [3.05, 3.63) is 36.0 Å². The van der Waals surface area contributed by atoms with Gasteiger partial charge < -0.3 is 14.6 Å². The molecule has 0 spiro atoms. The Hall–Kier alpha value is -1.85. The molecule has 3 rings (SSSR count). The molecule has 5 nitrogen and oxygen atoms in total. The van der Waals surface area contributed by atoms with Crippen molar-refractivity contribution in [2.45, 2.75) is 32.9 Å². The van der Waals surface area contributed by atoms with Crippen molar-refractivity contribution in [3.63, 3.8) is 0 Å². The number of aryl methyl sites for hydroxylation is 1. The lowest BCUT2D eigenvalue weighted by atomic mass is 10.1. The van der Waals surface area contributed by atoms with Gasteiger partial charge in [0.2, 0.25) is 5.91 Å². The maximum atomic E-state index is 12.7. The van der Waals surface area contributed by atoms with E-state index in [1.807, 2.05) is 17.0 Å². The summed E-state index contributed by atoms with van der Waals surface area (Å²) in [5.74, 6) is 0.174. The van der Waals surface area contributed by atoms with Crippen LogP contribution in [0.15, 0.2) is 30.5 Å². The number of aliphatic hydroxyl groups is 1. The summed E-state index contributed by atoms with van der Waals surface area (Å²) in [5, 5.41) is 10.6. The number of aromatic nitrogens is 1. The minimum absolute atomic E-state index is 0.174. The maximum Gasteiger partial charge on any atom is 0.242 e. The Balaban J connectivity index is 1.64. The summed E-state index contributed by atoms with van der Waals surface area (Å²) in [5.41, 5.74) is 2.32. The van der Waals surface area contributed by atoms with Crippen LogP contribution in [0.1, 0.15) is 18.9 Å². The van der Waals surface area contributed by atoms with Gasteiger partial charge in [0.1, 0.15) is 6.54 Å². The van der Waals surface area contributed by atoms with Crippen LogP contribution < -0.4 is 0 Å². The summed E-state index contributed by atoms with van der Waals surface area (Å²) in [7, 11) is 0. The van der Waals surface area contributed by atoms with Gasteiger partial charge in [0.25, 0.3) is 0 Å². The predicted molar refractivity (Wildman–Crippen MR) is 96.0 cm³/mol. The normalized spacial score (nSPS) is 17.4. The van der Waals surface area contributed by atoms with Crippen LogP contribution >= 0.6 is 0 Å². The van der Waals surface area contributed by atoms with Crippen molar-refractivity contribution in [1.29, 1.82) is 0 Å². The number of hydrogen-bond acceptors (Lipinski definition) is 3. The van der Waals surface area contributed by atoms with E-state index in [2.05, 4.69) is 41.6 Å². The third kappa shape index (κ3) is 3.32. The Labute approximate surface area is 143 Å². The van der Waals surface area contributed by atoms with Crippen LogP contribution in [0.4, 0.5) is 0 Å². The Morgan fingerprint density at radius 3 is 2.58 bits per heavy atom. The van der Waals surface area contributed by atoms with Gasteiger partial charge in [-0.3, -0.25) is 9.69 Å². The SMILES string of the molecule is CCC(CO)N1CCN(C(=O)Cn2cc(C)c3ccccc32)CC1. The Morgan fingerprint density at radius 2 is 1.92 bits per heavy atom. The zero-order valence-corrected chi connectivity index (χ0v) is 14.6. The van der Waals surface area contributed by atoms with Gasteiger partial charge in [-0.05, 0) is 25.0 Å². The predicted octanol–water partition coefficient (Wildman–Crippen LogP) is 1.86. The second kappa shape index (κ2) is 7.36. The number of para-hydroxylation sites is 1. The maximum absolute atomic E-state index is 12.7. The minimum atomic E-state index is 0.174. The summed E-state index contributed by atoms with van der Waals surface area (Å²) < 4.78 is 2.06. The number of nitrogens with zero attached hydrogens (tertiary/aromatic N) is 3. The molecule has 1 N–H and O–H groups in total. The molecule has 24 heavy (non-hydrogen) atoms. The van der Waals surface area contributed by atoms with E-state index < -0.39 is 0 Å². The number of hydrogen-bond donors (Lipinski definition) is 1. The average Bonchev–Trinajstić information content (AvgIpc) is 2.93. The second-order valence-electron chi connectivity index (χ2n) is 6.62. The van der Waals surface area contributed by atoms with E-state index in [1.165, 1.54) is 10.9 Å². The molecule has 0 bridgehead atoms. The van der Waals surface area contributed by atoms with Gasteiger partial charge >= 0.3 is 0 Å². The van der Waals surface area contributed by atoms with E-state index in [0.717, 1.165) is 38.1 Å². The molecule has 2 heterocycles.